The molecule has 36 heavy (non-hydrogen) atoms. The Balaban J connectivity index is 1.68. The quantitative estimate of drug-likeness (QED) is 0.288. The minimum Gasteiger partial charge on any atom is -0.306 e. The Kier molecular flexibility index (Phi) is 6.81. The van der Waals surface area contributed by atoms with Crippen LogP contribution in [0.1, 0.15) is 34.9 Å². The fourth-order valence-corrected chi connectivity index (χ4v) is 6.52. The van der Waals surface area contributed by atoms with Crippen LogP contribution in [0.2, 0.25) is 5.02 Å². The van der Waals surface area contributed by atoms with Crippen molar-refractivity contribution in [2.24, 2.45) is 0 Å². The van der Waals surface area contributed by atoms with E-state index in [1.807, 2.05) is 26.0 Å². The van der Waals surface area contributed by atoms with Gasteiger partial charge in [0.2, 0.25) is 0 Å². The van der Waals surface area contributed by atoms with E-state index in [0.717, 1.165) is 53.8 Å². The Morgan fingerprint density at radius 2 is 1.72 bits per heavy atom. The molecule has 1 saturated heterocycles. The normalized spacial score (nSPS) is 14.9. The van der Waals surface area contributed by atoms with E-state index < -0.39 is 11.6 Å². The maximum absolute atomic E-state index is 15.0. The van der Waals surface area contributed by atoms with Gasteiger partial charge in [-0.2, -0.15) is 0 Å². The summed E-state index contributed by atoms with van der Waals surface area (Å²) in [6, 6.07) is 10.5. The van der Waals surface area contributed by atoms with Gasteiger partial charge in [-0.05, 0) is 88.3 Å². The van der Waals surface area contributed by atoms with Gasteiger partial charge >= 0.3 is 0 Å². The smallest absolute Gasteiger partial charge is 0.255 e. The molecule has 4 nitrogen and oxygen atoms in total. The van der Waals surface area contributed by atoms with Crippen LogP contribution in [0.5, 0.6) is 0 Å². The lowest BCUT2D eigenvalue weighted by atomic mass is 9.98. The van der Waals surface area contributed by atoms with Gasteiger partial charge in [0.25, 0.3) is 5.56 Å². The van der Waals surface area contributed by atoms with Gasteiger partial charge in [-0.3, -0.25) is 9.36 Å². The molecule has 5 rings (SSSR count). The summed E-state index contributed by atoms with van der Waals surface area (Å²) in [6.45, 7) is 5.76. The molecule has 2 aromatic carbocycles. The summed E-state index contributed by atoms with van der Waals surface area (Å²) in [7, 11) is 2.10. The third-order valence-electron chi connectivity index (χ3n) is 6.77. The fourth-order valence-electron chi connectivity index (χ4n) is 4.90. The molecule has 0 spiro atoms. The molecular weight excluding hydrogens is 500 g/mol. The average molecular weight is 526 g/mol. The van der Waals surface area contributed by atoms with Crippen LogP contribution in [-0.2, 0) is 0 Å². The third-order valence-corrected chi connectivity index (χ3v) is 8.24. The van der Waals surface area contributed by atoms with Crippen molar-refractivity contribution < 1.29 is 8.78 Å². The molecule has 2 aromatic heterocycles. The molecule has 0 bridgehead atoms. The number of hydrogen-bond acceptors (Lipinski definition) is 4. The first-order valence-corrected chi connectivity index (χ1v) is 13.1. The summed E-state index contributed by atoms with van der Waals surface area (Å²) in [5.74, 6) is -0.985. The summed E-state index contributed by atoms with van der Waals surface area (Å²) >= 11 is 7.67. The standard InChI is InChI=1S/C28H26ClF2N3OS/c1-16-12-20(29)13-17(2)26(16)34-15-19(4-7-24(34)35)25-27(22-6-5-21(30)14-23(22)31)36-28(32-25)18-8-10-33(3)11-9-18/h4-7,12-15,18H,8-11H2,1-3H3. The second-order valence-electron chi connectivity index (χ2n) is 9.45. The molecule has 8 heteroatoms. The van der Waals surface area contributed by atoms with E-state index in [0.29, 0.717) is 26.7 Å². The molecule has 1 aliphatic heterocycles. The maximum atomic E-state index is 15.0. The van der Waals surface area contributed by atoms with Gasteiger partial charge in [-0.25, -0.2) is 13.8 Å². The Hall–Kier alpha value is -2.87. The highest BCUT2D eigenvalue weighted by Gasteiger charge is 2.26. The summed E-state index contributed by atoms with van der Waals surface area (Å²) in [5.41, 5.74) is 3.90. The lowest BCUT2D eigenvalue weighted by molar-refractivity contribution is 0.255. The van der Waals surface area contributed by atoms with Crippen molar-refractivity contribution in [3.63, 3.8) is 0 Å². The van der Waals surface area contributed by atoms with Crippen LogP contribution in [0.4, 0.5) is 8.78 Å². The molecule has 1 fully saturated rings. The van der Waals surface area contributed by atoms with Crippen LogP contribution in [-0.4, -0.2) is 34.6 Å². The van der Waals surface area contributed by atoms with Gasteiger partial charge in [0.15, 0.2) is 0 Å². The Labute approximate surface area is 217 Å². The van der Waals surface area contributed by atoms with Crippen molar-refractivity contribution in [1.82, 2.24) is 14.5 Å². The van der Waals surface area contributed by atoms with Gasteiger partial charge in [0, 0.05) is 40.4 Å². The summed E-state index contributed by atoms with van der Waals surface area (Å²) in [5, 5.41) is 1.54. The number of benzene rings is 2. The summed E-state index contributed by atoms with van der Waals surface area (Å²) in [4.78, 5) is 20.8. The predicted molar refractivity (Wildman–Crippen MR) is 142 cm³/mol. The monoisotopic (exact) mass is 525 g/mol. The molecule has 3 heterocycles. The van der Waals surface area contributed by atoms with E-state index in [4.69, 9.17) is 16.6 Å². The van der Waals surface area contributed by atoms with Crippen molar-refractivity contribution in [3.8, 4) is 27.4 Å². The second kappa shape index (κ2) is 9.88. The number of nitrogens with zero attached hydrogens (tertiary/aromatic N) is 3. The first-order chi connectivity index (χ1) is 17.2. The lowest BCUT2D eigenvalue weighted by Crippen LogP contribution is -2.29. The number of aryl methyl sites for hydroxylation is 2. The Morgan fingerprint density at radius 1 is 1.03 bits per heavy atom. The van der Waals surface area contributed by atoms with Gasteiger partial charge in [-0.15, -0.1) is 11.3 Å². The van der Waals surface area contributed by atoms with Crippen LogP contribution in [0, 0.1) is 25.5 Å². The number of aromatic nitrogens is 2. The third kappa shape index (κ3) is 4.75. The maximum Gasteiger partial charge on any atom is 0.255 e. The van der Waals surface area contributed by atoms with E-state index in [1.165, 1.54) is 29.5 Å². The van der Waals surface area contributed by atoms with Crippen molar-refractivity contribution >= 4 is 22.9 Å². The number of thiazole rings is 1. The van der Waals surface area contributed by atoms with E-state index in [9.17, 15) is 13.6 Å². The second-order valence-corrected chi connectivity index (χ2v) is 10.9. The van der Waals surface area contributed by atoms with Gasteiger partial charge in [0.05, 0.1) is 21.3 Å². The highest BCUT2D eigenvalue weighted by Crippen LogP contribution is 2.42. The predicted octanol–water partition coefficient (Wildman–Crippen LogP) is 6.99. The average Bonchev–Trinajstić information content (AvgIpc) is 3.25. The van der Waals surface area contributed by atoms with Crippen LogP contribution in [0.15, 0.2) is 53.5 Å². The molecular formula is C28H26ClF2N3OS. The largest absolute Gasteiger partial charge is 0.306 e. The molecule has 0 unspecified atom stereocenters. The first kappa shape index (κ1) is 24.8. The minimum atomic E-state index is -0.632. The van der Waals surface area contributed by atoms with E-state index >= 15 is 0 Å². The number of hydrogen-bond donors (Lipinski definition) is 0. The zero-order chi connectivity index (χ0) is 25.6. The number of likely N-dealkylation sites (tertiary alicyclic amines) is 1. The number of pyridine rings is 1. The van der Waals surface area contributed by atoms with E-state index in [1.54, 1.807) is 16.8 Å². The van der Waals surface area contributed by atoms with Crippen LogP contribution in [0.25, 0.3) is 27.4 Å². The van der Waals surface area contributed by atoms with Crippen molar-refractivity contribution in [3.05, 3.63) is 91.8 Å². The summed E-state index contributed by atoms with van der Waals surface area (Å²) < 4.78 is 30.2. The molecule has 0 atom stereocenters. The molecule has 4 aromatic rings. The van der Waals surface area contributed by atoms with E-state index in [2.05, 4.69) is 11.9 Å². The van der Waals surface area contributed by atoms with Gasteiger partial charge in [0.1, 0.15) is 11.6 Å². The summed E-state index contributed by atoms with van der Waals surface area (Å²) in [6.07, 6.45) is 3.69. The van der Waals surface area contributed by atoms with Gasteiger partial charge in [-0.1, -0.05) is 11.6 Å². The first-order valence-electron chi connectivity index (χ1n) is 11.9. The molecule has 1 aliphatic rings. The fraction of sp³-hybridized carbons (Fsp3) is 0.286. The zero-order valence-electron chi connectivity index (χ0n) is 20.3. The topological polar surface area (TPSA) is 38.1 Å². The highest BCUT2D eigenvalue weighted by atomic mass is 35.5. The minimum absolute atomic E-state index is 0.187. The molecule has 0 aliphatic carbocycles. The van der Waals surface area contributed by atoms with Gasteiger partial charge < -0.3 is 4.90 Å². The Bertz CT molecular complexity index is 1480. The van der Waals surface area contributed by atoms with Crippen molar-refractivity contribution in [2.75, 3.05) is 20.1 Å². The van der Waals surface area contributed by atoms with E-state index in [-0.39, 0.29) is 11.5 Å². The molecule has 0 amide bonds. The van der Waals surface area contributed by atoms with Crippen molar-refractivity contribution in [2.45, 2.75) is 32.6 Å². The van der Waals surface area contributed by atoms with Crippen LogP contribution < -0.4 is 5.56 Å². The molecule has 0 saturated carbocycles. The van der Waals surface area contributed by atoms with Crippen LogP contribution in [0.3, 0.4) is 0 Å². The number of rotatable bonds is 4. The lowest BCUT2D eigenvalue weighted by Gasteiger charge is -2.27. The zero-order valence-corrected chi connectivity index (χ0v) is 21.9. The van der Waals surface area contributed by atoms with Crippen molar-refractivity contribution in [1.29, 1.82) is 0 Å². The molecule has 0 radical (unpaired) electrons. The SMILES string of the molecule is Cc1cc(Cl)cc(C)c1-n1cc(-c2nc(C3CCN(C)CC3)sc2-c2ccc(F)cc2F)ccc1=O. The van der Waals surface area contributed by atoms with Crippen LogP contribution >= 0.6 is 22.9 Å². The molecule has 0 N–H and O–H groups in total. The Morgan fingerprint density at radius 3 is 2.39 bits per heavy atom. The number of piperidine rings is 1. The molecule has 186 valence electrons. The number of halogens is 3. The highest BCUT2D eigenvalue weighted by molar-refractivity contribution is 7.15.